The Labute approximate surface area is 102 Å². The first-order valence-electron chi connectivity index (χ1n) is 4.42. The molecule has 1 aromatic heterocycles. The van der Waals surface area contributed by atoms with Crippen LogP contribution < -0.4 is 0 Å². The summed E-state index contributed by atoms with van der Waals surface area (Å²) in [4.78, 5) is 8.35. The van der Waals surface area contributed by atoms with Crippen LogP contribution in [0.3, 0.4) is 0 Å². The molecule has 1 atom stereocenters. The Hall–Kier alpha value is 0.200. The second-order valence-corrected chi connectivity index (χ2v) is 5.59. The van der Waals surface area contributed by atoms with Crippen LogP contribution in [0.25, 0.3) is 0 Å². The monoisotopic (exact) mass is 294 g/mol. The van der Waals surface area contributed by atoms with Gasteiger partial charge in [0, 0.05) is 11.4 Å². The largest absolute Gasteiger partial charge is 0.239 e. The van der Waals surface area contributed by atoms with Crippen LogP contribution in [0.15, 0.2) is 10.7 Å². The predicted octanol–water partition coefficient (Wildman–Crippen LogP) is 3.92. The quantitative estimate of drug-likeness (QED) is 0.787. The molecular weight excluding hydrogens is 284 g/mol. The van der Waals surface area contributed by atoms with E-state index in [4.69, 9.17) is 11.6 Å². The average molecular weight is 296 g/mol. The number of halogens is 2. The maximum absolute atomic E-state index is 5.86. The third-order valence-corrected chi connectivity index (χ3v) is 4.25. The first-order valence-corrected chi connectivity index (χ1v) is 6.64. The molecule has 0 amide bonds. The van der Waals surface area contributed by atoms with Gasteiger partial charge in [0.25, 0.3) is 0 Å². The summed E-state index contributed by atoms with van der Waals surface area (Å²) >= 11 is 11.0. The Kier molecular flexibility index (Phi) is 5.20. The lowest BCUT2D eigenvalue weighted by Crippen LogP contribution is -1.98. The number of thioether (sulfide) groups is 1. The molecule has 2 nitrogen and oxygen atoms in total. The van der Waals surface area contributed by atoms with Crippen molar-refractivity contribution in [2.45, 2.75) is 31.3 Å². The Morgan fingerprint density at radius 2 is 2.36 bits per heavy atom. The smallest absolute Gasteiger partial charge is 0.146 e. The van der Waals surface area contributed by atoms with E-state index in [9.17, 15) is 0 Å². The number of hydrogen-bond donors (Lipinski definition) is 0. The summed E-state index contributed by atoms with van der Waals surface area (Å²) in [6.07, 6.45) is 2.86. The second kappa shape index (κ2) is 5.93. The molecule has 14 heavy (non-hydrogen) atoms. The summed E-state index contributed by atoms with van der Waals surface area (Å²) in [6.45, 7) is 4.37. The van der Waals surface area contributed by atoms with Gasteiger partial charge in [-0.05, 0) is 22.4 Å². The van der Waals surface area contributed by atoms with E-state index in [0.717, 1.165) is 22.5 Å². The van der Waals surface area contributed by atoms with Crippen LogP contribution in [0.1, 0.15) is 26.1 Å². The fourth-order valence-electron chi connectivity index (χ4n) is 0.784. The number of rotatable bonds is 4. The summed E-state index contributed by atoms with van der Waals surface area (Å²) in [7, 11) is 0. The molecule has 1 aromatic rings. The minimum absolute atomic E-state index is 0.486. The van der Waals surface area contributed by atoms with Crippen molar-refractivity contribution in [1.82, 2.24) is 9.97 Å². The number of hydrogen-bond acceptors (Lipinski definition) is 3. The molecule has 0 aromatic carbocycles. The van der Waals surface area contributed by atoms with Gasteiger partial charge in [-0.1, -0.05) is 25.4 Å². The van der Waals surface area contributed by atoms with Crippen molar-refractivity contribution in [1.29, 1.82) is 0 Å². The molecule has 1 rings (SSSR count). The van der Waals surface area contributed by atoms with E-state index in [2.05, 4.69) is 39.7 Å². The van der Waals surface area contributed by atoms with Gasteiger partial charge in [-0.2, -0.15) is 11.8 Å². The summed E-state index contributed by atoms with van der Waals surface area (Å²) < 4.78 is 0.747. The van der Waals surface area contributed by atoms with Crippen molar-refractivity contribution in [3.63, 3.8) is 0 Å². The minimum atomic E-state index is 0.486. The Morgan fingerprint density at radius 1 is 1.64 bits per heavy atom. The van der Waals surface area contributed by atoms with E-state index >= 15 is 0 Å². The molecule has 78 valence electrons. The molecule has 0 saturated heterocycles. The Balaban J connectivity index is 2.55. The van der Waals surface area contributed by atoms with E-state index in [1.165, 1.54) is 0 Å². The highest BCUT2D eigenvalue weighted by atomic mass is 79.9. The third kappa shape index (κ3) is 3.75. The number of nitrogens with zero attached hydrogens (tertiary/aromatic N) is 2. The fourth-order valence-corrected chi connectivity index (χ4v) is 1.93. The van der Waals surface area contributed by atoms with Crippen LogP contribution in [0.2, 0.25) is 5.15 Å². The van der Waals surface area contributed by atoms with Crippen LogP contribution in [0, 0.1) is 0 Å². The van der Waals surface area contributed by atoms with Gasteiger partial charge in [-0.25, -0.2) is 9.97 Å². The molecule has 0 N–H and O–H groups in total. The van der Waals surface area contributed by atoms with E-state index in [-0.39, 0.29) is 0 Å². The maximum atomic E-state index is 5.86. The first-order chi connectivity index (χ1) is 6.63. The van der Waals surface area contributed by atoms with Crippen molar-refractivity contribution >= 4 is 39.3 Å². The summed E-state index contributed by atoms with van der Waals surface area (Å²) in [5.74, 6) is 1.62. The molecule has 1 unspecified atom stereocenters. The highest BCUT2D eigenvalue weighted by molar-refractivity contribution is 9.10. The van der Waals surface area contributed by atoms with Gasteiger partial charge in [0.2, 0.25) is 0 Å². The summed E-state index contributed by atoms with van der Waals surface area (Å²) in [5.41, 5.74) is 0. The zero-order valence-corrected chi connectivity index (χ0v) is 11.3. The van der Waals surface area contributed by atoms with Gasteiger partial charge in [0.1, 0.15) is 11.0 Å². The van der Waals surface area contributed by atoms with Crippen molar-refractivity contribution in [3.05, 3.63) is 21.6 Å². The number of aromatic nitrogens is 2. The molecule has 0 bridgehead atoms. The van der Waals surface area contributed by atoms with Crippen LogP contribution in [-0.2, 0) is 5.75 Å². The van der Waals surface area contributed by atoms with Crippen molar-refractivity contribution in [3.8, 4) is 0 Å². The van der Waals surface area contributed by atoms with E-state index in [0.29, 0.717) is 10.4 Å². The molecular formula is C9H12BrClN2S. The molecule has 0 aliphatic rings. The van der Waals surface area contributed by atoms with Gasteiger partial charge >= 0.3 is 0 Å². The fraction of sp³-hybridized carbons (Fsp3) is 0.556. The highest BCUT2D eigenvalue weighted by Gasteiger charge is 2.05. The zero-order valence-electron chi connectivity index (χ0n) is 8.13. The predicted molar refractivity (Wildman–Crippen MR) is 65.8 cm³/mol. The van der Waals surface area contributed by atoms with E-state index in [1.807, 2.05) is 11.8 Å². The summed E-state index contributed by atoms with van der Waals surface area (Å²) in [5, 5.41) is 1.13. The maximum Gasteiger partial charge on any atom is 0.146 e. The molecule has 0 aliphatic carbocycles. The van der Waals surface area contributed by atoms with Crippen LogP contribution in [-0.4, -0.2) is 15.2 Å². The minimum Gasteiger partial charge on any atom is -0.239 e. The van der Waals surface area contributed by atoms with E-state index < -0.39 is 0 Å². The van der Waals surface area contributed by atoms with Gasteiger partial charge in [0.05, 0.1) is 10.2 Å². The van der Waals surface area contributed by atoms with Crippen molar-refractivity contribution < 1.29 is 0 Å². The molecule has 0 spiro atoms. The molecule has 1 heterocycles. The molecule has 0 radical (unpaired) electrons. The standard InChI is InChI=1S/C9H12BrClN2S/c1-3-6(2)14-5-8-12-4-7(10)9(11)13-8/h4,6H,3,5H2,1-2H3. The van der Waals surface area contributed by atoms with Crippen LogP contribution in [0.5, 0.6) is 0 Å². The van der Waals surface area contributed by atoms with E-state index in [1.54, 1.807) is 6.20 Å². The van der Waals surface area contributed by atoms with Gasteiger partial charge < -0.3 is 0 Å². The average Bonchev–Trinajstić information content (AvgIpc) is 2.19. The van der Waals surface area contributed by atoms with Gasteiger partial charge in [-0.3, -0.25) is 0 Å². The van der Waals surface area contributed by atoms with Crippen molar-refractivity contribution in [2.75, 3.05) is 0 Å². The third-order valence-electron chi connectivity index (χ3n) is 1.82. The highest BCUT2D eigenvalue weighted by Crippen LogP contribution is 2.22. The van der Waals surface area contributed by atoms with Crippen molar-refractivity contribution in [2.24, 2.45) is 0 Å². The van der Waals surface area contributed by atoms with Crippen LogP contribution in [0.4, 0.5) is 0 Å². The lowest BCUT2D eigenvalue weighted by molar-refractivity contribution is 0.900. The first kappa shape index (κ1) is 12.3. The normalized spacial score (nSPS) is 12.9. The molecule has 0 saturated carbocycles. The molecule has 0 aliphatic heterocycles. The van der Waals surface area contributed by atoms with Crippen LogP contribution >= 0.6 is 39.3 Å². The zero-order chi connectivity index (χ0) is 10.6. The Morgan fingerprint density at radius 3 is 2.93 bits per heavy atom. The lowest BCUT2D eigenvalue weighted by atomic mass is 10.4. The second-order valence-electron chi connectivity index (χ2n) is 2.95. The molecule has 5 heteroatoms. The topological polar surface area (TPSA) is 25.8 Å². The SMILES string of the molecule is CCC(C)SCc1ncc(Br)c(Cl)n1. The lowest BCUT2D eigenvalue weighted by Gasteiger charge is -2.06. The molecule has 0 fully saturated rings. The van der Waals surface area contributed by atoms with Gasteiger partial charge in [-0.15, -0.1) is 0 Å². The Bertz CT molecular complexity index is 309. The summed E-state index contributed by atoms with van der Waals surface area (Å²) in [6, 6.07) is 0. The van der Waals surface area contributed by atoms with Gasteiger partial charge in [0.15, 0.2) is 0 Å².